The molecule has 5 atom stereocenters. The molecule has 12 nitrogen and oxygen atoms in total. The number of hydrogen-bond donors (Lipinski definition) is 1. The maximum absolute atomic E-state index is 13.3. The molecule has 0 amide bonds. The lowest BCUT2D eigenvalue weighted by Crippen LogP contribution is -2.57. The number of hydrogen-bond acceptors (Lipinski definition) is 9. The summed E-state index contributed by atoms with van der Waals surface area (Å²) >= 11 is 0. The van der Waals surface area contributed by atoms with E-state index in [-0.39, 0.29) is 30.3 Å². The first-order chi connectivity index (χ1) is 19.5. The number of carbonyl (C=O) groups is 1. The minimum atomic E-state index is -0.811. The molecular weight excluding hydrogens is 516 g/mol. The zero-order valence-corrected chi connectivity index (χ0v) is 21.9. The van der Waals surface area contributed by atoms with Crippen LogP contribution in [-0.2, 0) is 18.9 Å². The molecular formula is C28H28N6O6. The lowest BCUT2D eigenvalue weighted by molar-refractivity contribution is -0.305. The van der Waals surface area contributed by atoms with Gasteiger partial charge in [0.15, 0.2) is 23.6 Å². The van der Waals surface area contributed by atoms with Crippen LogP contribution in [0.5, 0.6) is 0 Å². The summed E-state index contributed by atoms with van der Waals surface area (Å²) in [7, 11) is 3.62. The van der Waals surface area contributed by atoms with Gasteiger partial charge in [0, 0.05) is 19.7 Å². The summed E-state index contributed by atoms with van der Waals surface area (Å²) in [6, 6.07) is 17.7. The Kier molecular flexibility index (Phi) is 7.11. The Balaban J connectivity index is 1.39. The summed E-state index contributed by atoms with van der Waals surface area (Å²) in [5, 5.41) is 0. The number of rotatable bonds is 6. The summed E-state index contributed by atoms with van der Waals surface area (Å²) < 4.78 is 26.4. The third kappa shape index (κ3) is 5.11. The SMILES string of the molecule is CN(C)C=Nc1nc2c(ncn2[C@@H]2CO[C@@H]3COC(c4ccccc4)O[C@H]3[C@H]2OC(=O)c2ccccc2)c(=O)[nH]1. The third-order valence-electron chi connectivity index (χ3n) is 6.76. The van der Waals surface area contributed by atoms with Crippen molar-refractivity contribution in [2.75, 3.05) is 27.3 Å². The number of nitrogens with zero attached hydrogens (tertiary/aromatic N) is 5. The minimum absolute atomic E-state index is 0.117. The van der Waals surface area contributed by atoms with Crippen molar-refractivity contribution in [2.24, 2.45) is 4.99 Å². The highest BCUT2D eigenvalue weighted by atomic mass is 16.7. The van der Waals surface area contributed by atoms with E-state index in [1.807, 2.05) is 50.5 Å². The summed E-state index contributed by atoms with van der Waals surface area (Å²) in [6.07, 6.45) is 0.400. The smallest absolute Gasteiger partial charge is 0.338 e. The maximum atomic E-state index is 13.3. The number of H-pyrrole nitrogens is 1. The quantitative estimate of drug-likeness (QED) is 0.221. The molecule has 1 unspecified atom stereocenters. The minimum Gasteiger partial charge on any atom is -0.454 e. The molecule has 4 heterocycles. The highest BCUT2D eigenvalue weighted by molar-refractivity contribution is 5.89. The van der Waals surface area contributed by atoms with Crippen molar-refractivity contribution in [3.8, 4) is 0 Å². The van der Waals surface area contributed by atoms with E-state index in [0.717, 1.165) is 5.56 Å². The van der Waals surface area contributed by atoms with Gasteiger partial charge in [0.05, 0.1) is 37.5 Å². The van der Waals surface area contributed by atoms with Gasteiger partial charge in [-0.15, -0.1) is 0 Å². The van der Waals surface area contributed by atoms with E-state index in [1.54, 1.807) is 33.7 Å². The van der Waals surface area contributed by atoms with E-state index >= 15 is 0 Å². The summed E-state index contributed by atoms with van der Waals surface area (Å²) in [5.74, 6) is -0.388. The molecule has 2 aromatic carbocycles. The van der Waals surface area contributed by atoms with Crippen LogP contribution in [0.15, 0.2) is 76.8 Å². The molecule has 2 aromatic heterocycles. The van der Waals surface area contributed by atoms with Crippen LogP contribution in [0.3, 0.4) is 0 Å². The normalized spacial score (nSPS) is 24.6. The van der Waals surface area contributed by atoms with Crippen LogP contribution in [0.25, 0.3) is 11.2 Å². The molecule has 40 heavy (non-hydrogen) atoms. The van der Waals surface area contributed by atoms with E-state index in [2.05, 4.69) is 19.9 Å². The van der Waals surface area contributed by atoms with Crippen molar-refractivity contribution in [1.29, 1.82) is 0 Å². The summed E-state index contributed by atoms with van der Waals surface area (Å²) in [5.41, 5.74) is 1.22. The van der Waals surface area contributed by atoms with Crippen LogP contribution in [0, 0.1) is 0 Å². The van der Waals surface area contributed by atoms with Gasteiger partial charge in [0.1, 0.15) is 12.2 Å². The number of nitrogens with one attached hydrogen (secondary N) is 1. The largest absolute Gasteiger partial charge is 0.454 e. The summed E-state index contributed by atoms with van der Waals surface area (Å²) in [4.78, 5) is 43.5. The van der Waals surface area contributed by atoms with Gasteiger partial charge in [-0.1, -0.05) is 48.5 Å². The van der Waals surface area contributed by atoms with Crippen LogP contribution >= 0.6 is 0 Å². The van der Waals surface area contributed by atoms with Gasteiger partial charge in [-0.2, -0.15) is 4.98 Å². The Morgan fingerprint density at radius 2 is 1.85 bits per heavy atom. The molecule has 0 aliphatic carbocycles. The third-order valence-corrected chi connectivity index (χ3v) is 6.76. The first-order valence-corrected chi connectivity index (χ1v) is 12.8. The number of fused-ring (bicyclic) bond motifs is 2. The molecule has 206 valence electrons. The highest BCUT2D eigenvalue weighted by Gasteiger charge is 2.49. The van der Waals surface area contributed by atoms with Crippen molar-refractivity contribution in [3.63, 3.8) is 0 Å². The van der Waals surface area contributed by atoms with Crippen LogP contribution in [0.1, 0.15) is 28.3 Å². The molecule has 2 saturated heterocycles. The molecule has 2 aliphatic heterocycles. The Morgan fingerprint density at radius 3 is 2.60 bits per heavy atom. The number of imidazole rings is 1. The fourth-order valence-corrected chi connectivity index (χ4v) is 4.84. The van der Waals surface area contributed by atoms with Crippen LogP contribution in [0.4, 0.5) is 5.95 Å². The topological polar surface area (TPSA) is 133 Å². The van der Waals surface area contributed by atoms with Crippen molar-refractivity contribution in [3.05, 3.63) is 88.5 Å². The number of ether oxygens (including phenoxy) is 4. The highest BCUT2D eigenvalue weighted by Crippen LogP contribution is 2.38. The molecule has 2 fully saturated rings. The number of esters is 1. The Bertz CT molecular complexity index is 1570. The average Bonchev–Trinajstić information content (AvgIpc) is 3.41. The summed E-state index contributed by atoms with van der Waals surface area (Å²) in [6.45, 7) is 0.398. The molecule has 12 heteroatoms. The fraction of sp³-hybridized carbons (Fsp3) is 0.321. The number of aromatic amines is 1. The second-order valence-corrected chi connectivity index (χ2v) is 9.77. The molecule has 4 aromatic rings. The number of carbonyl (C=O) groups excluding carboxylic acids is 1. The van der Waals surface area contributed by atoms with Gasteiger partial charge < -0.3 is 28.4 Å². The van der Waals surface area contributed by atoms with E-state index in [4.69, 9.17) is 18.9 Å². The van der Waals surface area contributed by atoms with E-state index in [1.165, 1.54) is 12.7 Å². The van der Waals surface area contributed by atoms with E-state index in [0.29, 0.717) is 5.56 Å². The second kappa shape index (κ2) is 11.0. The van der Waals surface area contributed by atoms with Gasteiger partial charge in [-0.25, -0.2) is 14.8 Å². The van der Waals surface area contributed by atoms with Gasteiger partial charge in [0.25, 0.3) is 5.56 Å². The predicted octanol–water partition coefficient (Wildman–Crippen LogP) is 2.62. The van der Waals surface area contributed by atoms with Crippen LogP contribution in [-0.4, -0.2) is 82.3 Å². The van der Waals surface area contributed by atoms with Crippen LogP contribution < -0.4 is 5.56 Å². The number of aromatic nitrogens is 4. The molecule has 0 bridgehead atoms. The lowest BCUT2D eigenvalue weighted by atomic mass is 9.96. The molecule has 0 spiro atoms. The van der Waals surface area contributed by atoms with Crippen molar-refractivity contribution in [1.82, 2.24) is 24.4 Å². The zero-order valence-electron chi connectivity index (χ0n) is 21.9. The first-order valence-electron chi connectivity index (χ1n) is 12.8. The molecule has 1 N–H and O–H groups in total. The van der Waals surface area contributed by atoms with Gasteiger partial charge in [-0.3, -0.25) is 9.78 Å². The Hall–Kier alpha value is -4.39. The van der Waals surface area contributed by atoms with Gasteiger partial charge in [0.2, 0.25) is 5.95 Å². The monoisotopic (exact) mass is 544 g/mol. The molecule has 0 radical (unpaired) electrons. The standard InChI is InChI=1S/C28H28N6O6/c1-33(2)15-30-28-31-24-21(25(35)32-28)29-16-34(24)19-13-37-20-14-38-27(18-11-7-4-8-12-18)40-23(20)22(19)39-26(36)17-9-5-3-6-10-17/h3-12,15-16,19-20,22-23,27H,13-14H2,1-2H3,(H,31,32,35)/t19-,20-,22+,23-,27?/m1/s1. The number of benzene rings is 2. The average molecular weight is 545 g/mol. The van der Waals surface area contributed by atoms with Gasteiger partial charge in [-0.05, 0) is 12.1 Å². The number of aliphatic imine (C=N–C) groups is 1. The van der Waals surface area contributed by atoms with E-state index < -0.39 is 42.2 Å². The maximum Gasteiger partial charge on any atom is 0.338 e. The predicted molar refractivity (Wildman–Crippen MR) is 144 cm³/mol. The molecule has 0 saturated carbocycles. The first kappa shape index (κ1) is 25.9. The zero-order chi connectivity index (χ0) is 27.6. The van der Waals surface area contributed by atoms with Crippen LogP contribution in [0.2, 0.25) is 0 Å². The fourth-order valence-electron chi connectivity index (χ4n) is 4.84. The second-order valence-electron chi connectivity index (χ2n) is 9.77. The molecule has 6 rings (SSSR count). The van der Waals surface area contributed by atoms with Gasteiger partial charge >= 0.3 is 5.97 Å². The van der Waals surface area contributed by atoms with Crippen molar-refractivity contribution < 1.29 is 23.7 Å². The van der Waals surface area contributed by atoms with E-state index in [9.17, 15) is 9.59 Å². The Morgan fingerprint density at radius 1 is 1.10 bits per heavy atom. The molecule has 2 aliphatic rings. The van der Waals surface area contributed by atoms with Crippen molar-refractivity contribution >= 4 is 29.4 Å². The lowest BCUT2D eigenvalue weighted by Gasteiger charge is -2.46. The van der Waals surface area contributed by atoms with Crippen molar-refractivity contribution in [2.45, 2.75) is 30.6 Å². The Labute approximate surface area is 229 Å².